The van der Waals surface area contributed by atoms with Crippen molar-refractivity contribution in [2.75, 3.05) is 13.1 Å². The lowest BCUT2D eigenvalue weighted by molar-refractivity contribution is -0.149. The van der Waals surface area contributed by atoms with Crippen molar-refractivity contribution in [2.24, 2.45) is 5.41 Å². The zero-order valence-corrected chi connectivity index (χ0v) is 14.7. The van der Waals surface area contributed by atoms with Crippen molar-refractivity contribution in [3.63, 3.8) is 0 Å². The molecule has 1 aromatic rings. The maximum Gasteiger partial charge on any atom is 0.319 e. The van der Waals surface area contributed by atoms with Crippen molar-refractivity contribution in [2.45, 2.75) is 43.5 Å². The predicted octanol–water partition coefficient (Wildman–Crippen LogP) is 1.34. The molecule has 3 rings (SSSR count). The molecule has 1 aliphatic heterocycles. The molecule has 2 aliphatic rings. The normalized spacial score (nSPS) is 20.0. The molecule has 7 nitrogen and oxygen atoms in total. The molecule has 0 aromatic heterocycles. The number of hydrogen-bond donors (Lipinski definition) is 2. The Balaban J connectivity index is 1.69. The van der Waals surface area contributed by atoms with Gasteiger partial charge in [-0.2, -0.15) is 4.31 Å². The maximum absolute atomic E-state index is 12.7. The molecule has 136 valence electrons. The second kappa shape index (κ2) is 6.76. The van der Waals surface area contributed by atoms with Gasteiger partial charge >= 0.3 is 5.97 Å². The van der Waals surface area contributed by atoms with Gasteiger partial charge in [0.1, 0.15) is 5.41 Å². The fraction of sp³-hybridized carbons (Fsp3) is 0.529. The number of amides is 1. The number of nitrogens with one attached hydrogen (secondary N) is 1. The van der Waals surface area contributed by atoms with E-state index in [1.54, 1.807) is 24.3 Å². The molecule has 8 heteroatoms. The Kier molecular flexibility index (Phi) is 4.83. The summed E-state index contributed by atoms with van der Waals surface area (Å²) in [6.07, 6.45) is 3.47. The Morgan fingerprint density at radius 2 is 1.84 bits per heavy atom. The first-order chi connectivity index (χ1) is 11.9. The van der Waals surface area contributed by atoms with Crippen LogP contribution in [0.3, 0.4) is 0 Å². The molecule has 0 unspecified atom stereocenters. The van der Waals surface area contributed by atoms with E-state index < -0.39 is 27.3 Å². The molecule has 1 saturated carbocycles. The fourth-order valence-corrected chi connectivity index (χ4v) is 4.67. The van der Waals surface area contributed by atoms with Crippen LogP contribution in [0.4, 0.5) is 0 Å². The van der Waals surface area contributed by atoms with E-state index in [2.05, 4.69) is 5.32 Å². The first-order valence-corrected chi connectivity index (χ1v) is 9.91. The first kappa shape index (κ1) is 17.9. The molecule has 0 radical (unpaired) electrons. The Labute approximate surface area is 147 Å². The largest absolute Gasteiger partial charge is 0.480 e. The van der Waals surface area contributed by atoms with Crippen molar-refractivity contribution in [3.05, 3.63) is 29.8 Å². The summed E-state index contributed by atoms with van der Waals surface area (Å²) in [6.45, 7) is 1.17. The summed E-state index contributed by atoms with van der Waals surface area (Å²) in [5, 5.41) is 11.7. The number of carbonyl (C=O) groups is 2. The third-order valence-electron chi connectivity index (χ3n) is 4.90. The lowest BCUT2D eigenvalue weighted by Gasteiger charge is -2.26. The Morgan fingerprint density at radius 1 is 1.16 bits per heavy atom. The molecule has 1 aliphatic carbocycles. The van der Waals surface area contributed by atoms with Gasteiger partial charge in [0.25, 0.3) is 0 Å². The van der Waals surface area contributed by atoms with Crippen LogP contribution in [0.15, 0.2) is 29.2 Å². The van der Waals surface area contributed by atoms with Crippen molar-refractivity contribution < 1.29 is 23.1 Å². The van der Waals surface area contributed by atoms with E-state index in [9.17, 15) is 18.0 Å². The molecule has 0 atom stereocenters. The molecule has 1 aromatic carbocycles. The smallest absolute Gasteiger partial charge is 0.319 e. The third-order valence-corrected chi connectivity index (χ3v) is 6.79. The van der Waals surface area contributed by atoms with Crippen LogP contribution in [-0.2, 0) is 26.2 Å². The van der Waals surface area contributed by atoms with Gasteiger partial charge in [0, 0.05) is 19.6 Å². The average Bonchev–Trinajstić information content (AvgIpc) is 3.43. The Hall–Kier alpha value is -1.93. The van der Waals surface area contributed by atoms with E-state index in [1.807, 2.05) is 0 Å². The highest BCUT2D eigenvalue weighted by Gasteiger charge is 2.56. The number of carboxylic acids is 1. The van der Waals surface area contributed by atoms with E-state index >= 15 is 0 Å². The number of carbonyl (C=O) groups excluding carboxylic acids is 1. The molecule has 0 bridgehead atoms. The van der Waals surface area contributed by atoms with Gasteiger partial charge in [0.05, 0.1) is 4.90 Å². The summed E-state index contributed by atoms with van der Waals surface area (Å²) in [7, 11) is -3.53. The fourth-order valence-electron chi connectivity index (χ4n) is 3.08. The number of hydrogen-bond acceptors (Lipinski definition) is 4. The van der Waals surface area contributed by atoms with Gasteiger partial charge in [-0.05, 0) is 43.4 Å². The topological polar surface area (TPSA) is 104 Å². The van der Waals surface area contributed by atoms with Gasteiger partial charge in [0.2, 0.25) is 15.9 Å². The zero-order valence-electron chi connectivity index (χ0n) is 13.9. The molecule has 2 fully saturated rings. The standard InChI is InChI=1S/C17H22N2O5S/c20-15(17(7-8-17)16(21)22)18-12-13-5-4-6-14(11-13)25(23,24)19-9-2-1-3-10-19/h4-6,11H,1-3,7-10,12H2,(H,18,20)(H,21,22). The van der Waals surface area contributed by atoms with E-state index in [-0.39, 0.29) is 11.4 Å². The minimum Gasteiger partial charge on any atom is -0.480 e. The number of piperidine rings is 1. The minimum atomic E-state index is -3.53. The quantitative estimate of drug-likeness (QED) is 0.740. The van der Waals surface area contributed by atoms with E-state index in [0.29, 0.717) is 31.5 Å². The second-order valence-corrected chi connectivity index (χ2v) is 8.62. The summed E-state index contributed by atoms with van der Waals surface area (Å²) in [4.78, 5) is 23.4. The molecular weight excluding hydrogens is 344 g/mol. The number of rotatable bonds is 6. The Morgan fingerprint density at radius 3 is 2.44 bits per heavy atom. The van der Waals surface area contributed by atoms with Crippen molar-refractivity contribution in [1.82, 2.24) is 9.62 Å². The van der Waals surface area contributed by atoms with Crippen LogP contribution in [0.1, 0.15) is 37.7 Å². The van der Waals surface area contributed by atoms with E-state index in [0.717, 1.165) is 19.3 Å². The van der Waals surface area contributed by atoms with Gasteiger partial charge in [0.15, 0.2) is 0 Å². The van der Waals surface area contributed by atoms with Gasteiger partial charge in [-0.1, -0.05) is 18.6 Å². The molecule has 25 heavy (non-hydrogen) atoms. The van der Waals surface area contributed by atoms with Crippen LogP contribution in [0, 0.1) is 5.41 Å². The van der Waals surface area contributed by atoms with Crippen molar-refractivity contribution in [1.29, 1.82) is 0 Å². The third kappa shape index (κ3) is 3.55. The molecule has 1 heterocycles. The zero-order chi connectivity index (χ0) is 18.1. The molecule has 2 N–H and O–H groups in total. The molecule has 1 saturated heterocycles. The molecule has 0 spiro atoms. The molecular formula is C17H22N2O5S. The predicted molar refractivity (Wildman–Crippen MR) is 90.2 cm³/mol. The van der Waals surface area contributed by atoms with Crippen LogP contribution in [-0.4, -0.2) is 42.8 Å². The molecule has 1 amide bonds. The van der Waals surface area contributed by atoms with Crippen LogP contribution in [0.25, 0.3) is 0 Å². The summed E-state index contributed by atoms with van der Waals surface area (Å²) >= 11 is 0. The summed E-state index contributed by atoms with van der Waals surface area (Å²) < 4.78 is 26.9. The van der Waals surface area contributed by atoms with Gasteiger partial charge in [-0.15, -0.1) is 0 Å². The summed E-state index contributed by atoms with van der Waals surface area (Å²) in [5.74, 6) is -1.62. The lowest BCUT2D eigenvalue weighted by atomic mass is 10.1. The van der Waals surface area contributed by atoms with Gasteiger partial charge < -0.3 is 10.4 Å². The van der Waals surface area contributed by atoms with E-state index in [4.69, 9.17) is 5.11 Å². The van der Waals surface area contributed by atoms with Crippen molar-refractivity contribution in [3.8, 4) is 0 Å². The highest BCUT2D eigenvalue weighted by atomic mass is 32.2. The number of aliphatic carboxylic acids is 1. The van der Waals surface area contributed by atoms with Crippen LogP contribution < -0.4 is 5.32 Å². The lowest BCUT2D eigenvalue weighted by Crippen LogP contribution is -2.37. The van der Waals surface area contributed by atoms with Crippen LogP contribution in [0.2, 0.25) is 0 Å². The number of carboxylic acid groups (broad SMARTS) is 1. The maximum atomic E-state index is 12.7. The minimum absolute atomic E-state index is 0.108. The number of benzene rings is 1. The first-order valence-electron chi connectivity index (χ1n) is 8.47. The summed E-state index contributed by atoms with van der Waals surface area (Å²) in [6, 6.07) is 6.46. The second-order valence-electron chi connectivity index (χ2n) is 6.68. The Bertz CT molecular complexity index is 780. The highest BCUT2D eigenvalue weighted by molar-refractivity contribution is 7.89. The monoisotopic (exact) mass is 366 g/mol. The van der Waals surface area contributed by atoms with Crippen LogP contribution in [0.5, 0.6) is 0 Å². The summed E-state index contributed by atoms with van der Waals surface area (Å²) in [5.41, 5.74) is -0.662. The van der Waals surface area contributed by atoms with Crippen LogP contribution >= 0.6 is 0 Å². The van der Waals surface area contributed by atoms with E-state index in [1.165, 1.54) is 4.31 Å². The number of sulfonamides is 1. The van der Waals surface area contributed by atoms with Gasteiger partial charge in [-0.25, -0.2) is 8.42 Å². The highest BCUT2D eigenvalue weighted by Crippen LogP contribution is 2.46. The van der Waals surface area contributed by atoms with Crippen molar-refractivity contribution >= 4 is 21.9 Å². The number of nitrogens with zero attached hydrogens (tertiary/aromatic N) is 1. The van der Waals surface area contributed by atoms with Gasteiger partial charge in [-0.3, -0.25) is 9.59 Å². The SMILES string of the molecule is O=C(O)C1(C(=O)NCc2cccc(S(=O)(=O)N3CCCCC3)c2)CC1. The average molecular weight is 366 g/mol.